The second kappa shape index (κ2) is 53.5. The molecule has 40 heteroatoms. The Morgan fingerprint density at radius 3 is 0.883 bits per heavy atom. The van der Waals surface area contributed by atoms with Crippen molar-refractivity contribution in [2.75, 3.05) is 52.9 Å². The molecule has 4 atom stereocenters. The molecule has 0 aliphatic heterocycles. The molecule has 0 bridgehead atoms. The summed E-state index contributed by atoms with van der Waals surface area (Å²) < 4.78 is 99.0. The quantitative estimate of drug-likeness (QED) is 0.00853. The summed E-state index contributed by atoms with van der Waals surface area (Å²) in [7, 11) is 0. The van der Waals surface area contributed by atoms with Crippen molar-refractivity contribution in [3.05, 3.63) is 298 Å². The van der Waals surface area contributed by atoms with Gasteiger partial charge in [0.05, 0.1) is 51.4 Å². The second-order valence-electron chi connectivity index (χ2n) is 31.2. The summed E-state index contributed by atoms with van der Waals surface area (Å²) in [5.74, 6) is -9.29. The lowest BCUT2D eigenvalue weighted by molar-refractivity contribution is -0.384. The normalized spacial score (nSPS) is 14.6. The fourth-order valence-corrected chi connectivity index (χ4v) is 15.8. The van der Waals surface area contributed by atoms with Gasteiger partial charge in [-0.2, -0.15) is 5.26 Å². The Hall–Kier alpha value is -17.9. The molecule has 12 rings (SSSR count). The van der Waals surface area contributed by atoms with E-state index in [-0.39, 0.29) is 115 Å². The van der Waals surface area contributed by atoms with Crippen molar-refractivity contribution in [1.29, 1.82) is 5.26 Å². The SMILES string of the molecule is C=CC(=O)OCC(COc1ccc(C(=O)Oc2ccc(OC(=O)c3ccc(OCC(COC(=O)C=C)OC(=O)C=C)cc3)c3sc(-c4ccc(C#N)cc4)nc23)cc1)OC(=O)C=C.C=CC(=O)OCC(COc1ccc(OC(=O)C2CCC(C(=O)Oc3ccc(OC(=O)C4CCC(C(=O)Oc5ccc(OCC(COC(=O)C=C)OC(=O)C=C)cc5)CC4)c4sc(-c5ccc([N+](=O)[O-])cc5)nc34)CC2)cc1)OC(=O)C=C. The fraction of sp³-hybridized carbons (Fsp3) is 0.229. The minimum absolute atomic E-state index is 0.0602. The summed E-state index contributed by atoms with van der Waals surface area (Å²) >= 11 is 2.30. The molecule has 145 heavy (non-hydrogen) atoms. The summed E-state index contributed by atoms with van der Waals surface area (Å²) in [6, 6.07) is 44.4. The third kappa shape index (κ3) is 32.1. The van der Waals surface area contributed by atoms with Gasteiger partial charge in [-0.1, -0.05) is 64.8 Å². The maximum atomic E-state index is 13.8. The lowest BCUT2D eigenvalue weighted by atomic mass is 9.82. The molecular weight excluding hydrogens is 1930 g/mol. The fourth-order valence-electron chi connectivity index (χ4n) is 13.7. The highest BCUT2D eigenvalue weighted by Crippen LogP contribution is 2.45. The third-order valence-corrected chi connectivity index (χ3v) is 23.5. The zero-order valence-corrected chi connectivity index (χ0v) is 79.0. The van der Waals surface area contributed by atoms with E-state index in [1.165, 1.54) is 121 Å². The molecule has 0 spiro atoms. The van der Waals surface area contributed by atoms with Gasteiger partial charge in [-0.05, 0) is 197 Å². The van der Waals surface area contributed by atoms with Crippen LogP contribution in [0.15, 0.2) is 271 Å². The molecule has 8 aromatic carbocycles. The van der Waals surface area contributed by atoms with Crippen LogP contribution in [0.5, 0.6) is 57.5 Å². The molecule has 2 aliphatic rings. The minimum atomic E-state index is -0.966. The van der Waals surface area contributed by atoms with Crippen molar-refractivity contribution in [1.82, 2.24) is 9.97 Å². The van der Waals surface area contributed by atoms with E-state index < -0.39 is 137 Å². The first kappa shape index (κ1) is 108. The minimum Gasteiger partial charge on any atom is -0.490 e. The first-order valence-corrected chi connectivity index (χ1v) is 45.9. The van der Waals surface area contributed by atoms with Gasteiger partial charge in [0.25, 0.3) is 5.69 Å². The van der Waals surface area contributed by atoms with Gasteiger partial charge in [0, 0.05) is 71.9 Å². The molecule has 38 nitrogen and oxygen atoms in total. The molecule has 2 fully saturated rings. The second-order valence-corrected chi connectivity index (χ2v) is 33.2. The average Bonchev–Trinajstić information content (AvgIpc) is 1.63. The van der Waals surface area contributed by atoms with E-state index in [0.29, 0.717) is 110 Å². The van der Waals surface area contributed by atoms with Crippen molar-refractivity contribution in [2.24, 2.45) is 23.7 Å². The largest absolute Gasteiger partial charge is 0.490 e. The van der Waals surface area contributed by atoms with Crippen molar-refractivity contribution in [3.8, 4) is 84.7 Å². The van der Waals surface area contributed by atoms with Crippen LogP contribution in [0.2, 0.25) is 0 Å². The van der Waals surface area contributed by atoms with Gasteiger partial charge in [0.2, 0.25) is 0 Å². The highest BCUT2D eigenvalue weighted by Gasteiger charge is 2.37. The molecule has 0 N–H and O–H groups in total. The molecule has 2 aliphatic carbocycles. The number of thiazole rings is 2. The van der Waals surface area contributed by atoms with E-state index in [9.17, 15) is 82.5 Å². The van der Waals surface area contributed by atoms with Gasteiger partial charge in [0.1, 0.15) is 118 Å². The highest BCUT2D eigenvalue weighted by molar-refractivity contribution is 7.22. The van der Waals surface area contributed by atoms with E-state index in [2.05, 4.69) is 58.7 Å². The Balaban J connectivity index is 0.000000286. The zero-order valence-electron chi connectivity index (χ0n) is 77.4. The van der Waals surface area contributed by atoms with Crippen LogP contribution < -0.4 is 47.4 Å². The summed E-state index contributed by atoms with van der Waals surface area (Å²) in [4.78, 5) is 194. The molecular formula is C105H92N4O34S2. The van der Waals surface area contributed by atoms with Crippen LogP contribution in [0.1, 0.15) is 77.6 Å². The third-order valence-electron chi connectivity index (χ3n) is 21.3. The Morgan fingerprint density at radius 2 is 0.586 bits per heavy atom. The zero-order chi connectivity index (χ0) is 104. The molecule has 0 saturated heterocycles. The van der Waals surface area contributed by atoms with Gasteiger partial charge in [-0.15, -0.1) is 22.7 Å². The Morgan fingerprint density at radius 1 is 0.331 bits per heavy atom. The first-order valence-electron chi connectivity index (χ1n) is 44.3. The summed E-state index contributed by atoms with van der Waals surface area (Å²) in [6.45, 7) is 24.8. The Kier molecular flexibility index (Phi) is 39.7. The topological polar surface area (TPSA) is 498 Å². The summed E-state index contributed by atoms with van der Waals surface area (Å²) in [5, 5.41) is 21.6. The van der Waals surface area contributed by atoms with Crippen molar-refractivity contribution >= 4 is 132 Å². The number of carbonyl (C=O) groups is 14. The van der Waals surface area contributed by atoms with Crippen molar-refractivity contribution in [2.45, 2.75) is 75.8 Å². The average molecular weight is 2020 g/mol. The molecule has 2 aromatic heterocycles. The van der Waals surface area contributed by atoms with Crippen LogP contribution in [0.3, 0.4) is 0 Å². The number of aromatic nitrogens is 2. The van der Waals surface area contributed by atoms with Crippen molar-refractivity contribution in [3.63, 3.8) is 0 Å². The monoisotopic (exact) mass is 2020 g/mol. The number of nitro groups is 1. The van der Waals surface area contributed by atoms with Crippen LogP contribution in [-0.2, 0) is 95.4 Å². The molecule has 748 valence electrons. The van der Waals surface area contributed by atoms with Crippen LogP contribution in [0.4, 0.5) is 5.69 Å². The maximum Gasteiger partial charge on any atom is 0.343 e. The predicted molar refractivity (Wildman–Crippen MR) is 518 cm³/mol. The number of nitro benzene ring substituents is 1. The van der Waals surface area contributed by atoms with E-state index in [4.69, 9.17) is 95.2 Å². The Labute approximate surface area is 835 Å². The molecule has 0 radical (unpaired) electrons. The van der Waals surface area contributed by atoms with E-state index in [0.717, 1.165) is 71.3 Å². The molecule has 2 saturated carbocycles. The Bertz CT molecular complexity index is 6220. The number of esters is 14. The number of nitriles is 1. The number of non-ortho nitro benzene ring substituents is 1. The van der Waals surface area contributed by atoms with Gasteiger partial charge in [-0.25, -0.2) is 57.9 Å². The van der Waals surface area contributed by atoms with E-state index in [1.807, 2.05) is 0 Å². The number of benzene rings is 8. The number of fused-ring (bicyclic) bond motifs is 2. The summed E-state index contributed by atoms with van der Waals surface area (Å²) in [5.41, 5.74) is 2.19. The van der Waals surface area contributed by atoms with E-state index in [1.54, 1.807) is 48.5 Å². The smallest absolute Gasteiger partial charge is 0.343 e. The number of nitrogens with zero attached hydrogens (tertiary/aromatic N) is 4. The van der Waals surface area contributed by atoms with Gasteiger partial charge in [0.15, 0.2) is 47.4 Å². The lowest BCUT2D eigenvalue weighted by Gasteiger charge is -2.26. The van der Waals surface area contributed by atoms with Gasteiger partial charge < -0.3 is 85.3 Å². The van der Waals surface area contributed by atoms with E-state index >= 15 is 0 Å². The lowest BCUT2D eigenvalue weighted by Crippen LogP contribution is -2.30. The molecule has 2 heterocycles. The molecule has 4 unspecified atom stereocenters. The van der Waals surface area contributed by atoms with Crippen LogP contribution in [-0.4, -0.2) is 176 Å². The van der Waals surface area contributed by atoms with Crippen molar-refractivity contribution < 1.29 is 157 Å². The number of ether oxygens (including phenoxy) is 18. The summed E-state index contributed by atoms with van der Waals surface area (Å²) in [6.07, 6.45) is 6.52. The number of carbonyl (C=O) groups excluding carboxylic acids is 14. The van der Waals surface area contributed by atoms with Gasteiger partial charge >= 0.3 is 83.6 Å². The molecule has 10 aromatic rings. The highest BCUT2D eigenvalue weighted by atomic mass is 32.1. The van der Waals surface area contributed by atoms with Gasteiger partial charge in [-0.3, -0.25) is 29.3 Å². The number of hydrogen-bond donors (Lipinski definition) is 0. The molecule has 0 amide bonds. The van der Waals surface area contributed by atoms with Crippen LogP contribution >= 0.6 is 22.7 Å². The number of rotatable bonds is 47. The maximum absolute atomic E-state index is 13.8. The number of hydrogen-bond acceptors (Lipinski definition) is 39. The van der Waals surface area contributed by atoms with Crippen LogP contribution in [0, 0.1) is 45.1 Å². The predicted octanol–water partition coefficient (Wildman–Crippen LogP) is 15.6. The first-order chi connectivity index (χ1) is 69.9. The standard InChI is InChI=1S/C59H56N2O20S.C46H36N2O14S/c1-5-49(62)74-33-45(76-51(64)7-3)31-72-41-21-25-43(26-22-41)78-56(66)36-9-13-38(14-10-36)58(68)80-47-29-30-48(54-53(47)60-55(82-54)35-17-19-40(20-18-35)61(70)71)81-59(69)39-15-11-37(12-16-39)57(67)79-44-27-23-42(24-28-44)73-32-46(77-52(65)8-4)34-75-50(63)6-2;1-5-38(49)57-26-34(59-40(51)7-3)24-55-32-17-13-30(14-18-32)45(53)61-36-21-22-37(43-42(36)48-44(63-43)29-11-9-28(23-47)10-12-29)62-46(54)31-15-19-33(20-16-31)56-25-35(60-41(52)8-4)27-58-39(50)6-2/h5-8,17-30,36-39,45-46H,1-4,9-16,31-34H2;5-22,34-35H,1-4,24-27H2. The van der Waals surface area contributed by atoms with Crippen LogP contribution in [0.25, 0.3) is 41.6 Å².